The monoisotopic (exact) mass is 349 g/mol. The first-order valence-corrected chi connectivity index (χ1v) is 8.57. The Bertz CT molecular complexity index is 895. The van der Waals surface area contributed by atoms with E-state index >= 15 is 0 Å². The summed E-state index contributed by atoms with van der Waals surface area (Å²) in [5, 5.41) is 7.12. The molecule has 0 bridgehead atoms. The molecule has 1 atom stereocenters. The van der Waals surface area contributed by atoms with Gasteiger partial charge in [0.25, 0.3) is 5.91 Å². The SMILES string of the molecule is Cc1onc(-c2ccccn2)c1C(=O)N[C@@H]1CCN(c2ccccn2)C1. The highest BCUT2D eigenvalue weighted by atomic mass is 16.5. The summed E-state index contributed by atoms with van der Waals surface area (Å²) < 4.78 is 5.25. The van der Waals surface area contributed by atoms with Crippen LogP contribution in [0, 0.1) is 6.92 Å². The van der Waals surface area contributed by atoms with Crippen molar-refractivity contribution in [2.24, 2.45) is 0 Å². The first-order chi connectivity index (χ1) is 12.7. The van der Waals surface area contributed by atoms with E-state index in [0.717, 1.165) is 25.3 Å². The number of hydrogen-bond acceptors (Lipinski definition) is 6. The van der Waals surface area contributed by atoms with Crippen molar-refractivity contribution in [3.63, 3.8) is 0 Å². The van der Waals surface area contributed by atoms with Crippen molar-refractivity contribution in [2.75, 3.05) is 18.0 Å². The van der Waals surface area contributed by atoms with E-state index in [1.54, 1.807) is 19.3 Å². The number of carbonyl (C=O) groups excluding carboxylic acids is 1. The number of amides is 1. The van der Waals surface area contributed by atoms with Crippen LogP contribution in [0.25, 0.3) is 11.4 Å². The molecule has 7 nitrogen and oxygen atoms in total. The van der Waals surface area contributed by atoms with Crippen molar-refractivity contribution in [2.45, 2.75) is 19.4 Å². The Kier molecular flexibility index (Phi) is 4.35. The van der Waals surface area contributed by atoms with Crippen molar-refractivity contribution in [3.05, 3.63) is 60.1 Å². The van der Waals surface area contributed by atoms with E-state index in [-0.39, 0.29) is 11.9 Å². The molecule has 0 unspecified atom stereocenters. The first kappa shape index (κ1) is 16.3. The van der Waals surface area contributed by atoms with Crippen molar-refractivity contribution in [1.29, 1.82) is 0 Å². The second-order valence-electron chi connectivity index (χ2n) is 6.27. The molecule has 4 rings (SSSR count). The van der Waals surface area contributed by atoms with Crippen LogP contribution in [0.3, 0.4) is 0 Å². The van der Waals surface area contributed by atoms with Gasteiger partial charge in [0.15, 0.2) is 0 Å². The topological polar surface area (TPSA) is 84.1 Å². The number of aromatic nitrogens is 3. The summed E-state index contributed by atoms with van der Waals surface area (Å²) in [6, 6.07) is 11.4. The van der Waals surface area contributed by atoms with Gasteiger partial charge in [-0.2, -0.15) is 0 Å². The first-order valence-electron chi connectivity index (χ1n) is 8.57. The van der Waals surface area contributed by atoms with Crippen LogP contribution in [0.15, 0.2) is 53.3 Å². The molecule has 3 aromatic rings. The van der Waals surface area contributed by atoms with Gasteiger partial charge in [-0.15, -0.1) is 0 Å². The lowest BCUT2D eigenvalue weighted by molar-refractivity contribution is 0.0939. The molecule has 0 aromatic carbocycles. The molecule has 4 heterocycles. The number of anilines is 1. The van der Waals surface area contributed by atoms with Gasteiger partial charge in [-0.25, -0.2) is 4.98 Å². The predicted octanol–water partition coefficient (Wildman–Crippen LogP) is 2.45. The normalized spacial score (nSPS) is 16.7. The lowest BCUT2D eigenvalue weighted by Gasteiger charge is -2.17. The van der Waals surface area contributed by atoms with Crippen LogP contribution in [0.5, 0.6) is 0 Å². The number of hydrogen-bond donors (Lipinski definition) is 1. The van der Waals surface area contributed by atoms with E-state index in [0.29, 0.717) is 22.7 Å². The largest absolute Gasteiger partial charge is 0.360 e. The summed E-state index contributed by atoms with van der Waals surface area (Å²) in [6.45, 7) is 3.33. The summed E-state index contributed by atoms with van der Waals surface area (Å²) in [6.07, 6.45) is 4.31. The van der Waals surface area contributed by atoms with Gasteiger partial charge in [0.2, 0.25) is 0 Å². The molecule has 1 aliphatic heterocycles. The maximum Gasteiger partial charge on any atom is 0.257 e. The molecular formula is C19H19N5O2. The molecule has 1 fully saturated rings. The average Bonchev–Trinajstić information content (AvgIpc) is 3.30. The maximum atomic E-state index is 12.8. The van der Waals surface area contributed by atoms with Gasteiger partial charge in [0.05, 0.1) is 5.69 Å². The highest BCUT2D eigenvalue weighted by Gasteiger charge is 2.28. The number of nitrogens with zero attached hydrogens (tertiary/aromatic N) is 4. The highest BCUT2D eigenvalue weighted by molar-refractivity contribution is 6.00. The van der Waals surface area contributed by atoms with Crippen LogP contribution in [0.1, 0.15) is 22.5 Å². The zero-order valence-electron chi connectivity index (χ0n) is 14.4. The smallest absolute Gasteiger partial charge is 0.257 e. The summed E-state index contributed by atoms with van der Waals surface area (Å²) in [7, 11) is 0. The Morgan fingerprint density at radius 3 is 2.73 bits per heavy atom. The van der Waals surface area contributed by atoms with E-state index in [1.165, 1.54) is 0 Å². The molecule has 1 saturated heterocycles. The number of pyridine rings is 2. The molecule has 0 saturated carbocycles. The highest BCUT2D eigenvalue weighted by Crippen LogP contribution is 2.24. The third-order valence-electron chi connectivity index (χ3n) is 4.49. The zero-order chi connectivity index (χ0) is 17.9. The third kappa shape index (κ3) is 3.15. The molecule has 0 radical (unpaired) electrons. The molecule has 1 amide bonds. The molecule has 0 spiro atoms. The van der Waals surface area contributed by atoms with E-state index < -0.39 is 0 Å². The summed E-state index contributed by atoms with van der Waals surface area (Å²) in [4.78, 5) is 23.7. The minimum absolute atomic E-state index is 0.0513. The van der Waals surface area contributed by atoms with Crippen LogP contribution in [-0.4, -0.2) is 40.2 Å². The molecular weight excluding hydrogens is 330 g/mol. The standard InChI is InChI=1S/C19H19N5O2/c1-13-17(18(23-26-13)15-6-2-4-9-20-15)19(25)22-14-8-11-24(12-14)16-7-3-5-10-21-16/h2-7,9-10,14H,8,11-12H2,1H3,(H,22,25)/t14-/m1/s1. The van der Waals surface area contributed by atoms with Gasteiger partial charge in [-0.05, 0) is 37.6 Å². The fourth-order valence-corrected chi connectivity index (χ4v) is 3.20. The second-order valence-corrected chi connectivity index (χ2v) is 6.27. The fourth-order valence-electron chi connectivity index (χ4n) is 3.20. The Hall–Kier alpha value is -3.22. The van der Waals surface area contributed by atoms with Crippen LogP contribution in [0.4, 0.5) is 5.82 Å². The Balaban J connectivity index is 1.49. The number of rotatable bonds is 4. The minimum atomic E-state index is -0.183. The zero-order valence-corrected chi connectivity index (χ0v) is 14.4. The fraction of sp³-hybridized carbons (Fsp3) is 0.263. The number of nitrogens with one attached hydrogen (secondary N) is 1. The molecule has 0 aliphatic carbocycles. The Morgan fingerprint density at radius 2 is 2.00 bits per heavy atom. The third-order valence-corrected chi connectivity index (χ3v) is 4.49. The van der Waals surface area contributed by atoms with Crippen LogP contribution in [0.2, 0.25) is 0 Å². The summed E-state index contributed by atoms with van der Waals surface area (Å²) in [5.74, 6) is 1.24. The van der Waals surface area contributed by atoms with Crippen molar-refractivity contribution in [1.82, 2.24) is 20.4 Å². The van der Waals surface area contributed by atoms with Crippen molar-refractivity contribution >= 4 is 11.7 Å². The van der Waals surface area contributed by atoms with Crippen LogP contribution < -0.4 is 10.2 Å². The van der Waals surface area contributed by atoms with Gasteiger partial charge in [-0.3, -0.25) is 9.78 Å². The summed E-state index contributed by atoms with van der Waals surface area (Å²) in [5.41, 5.74) is 1.54. The number of carbonyl (C=O) groups is 1. The van der Waals surface area contributed by atoms with E-state index in [4.69, 9.17) is 4.52 Å². The van der Waals surface area contributed by atoms with Gasteiger partial charge in [0.1, 0.15) is 22.8 Å². The van der Waals surface area contributed by atoms with E-state index in [2.05, 4.69) is 25.3 Å². The van der Waals surface area contributed by atoms with E-state index in [9.17, 15) is 4.79 Å². The summed E-state index contributed by atoms with van der Waals surface area (Å²) >= 11 is 0. The molecule has 3 aromatic heterocycles. The second kappa shape index (κ2) is 6.95. The van der Waals surface area contributed by atoms with Crippen LogP contribution in [-0.2, 0) is 0 Å². The Morgan fingerprint density at radius 1 is 1.19 bits per heavy atom. The van der Waals surface area contributed by atoms with E-state index in [1.807, 2.05) is 36.4 Å². The molecule has 7 heteroatoms. The molecule has 132 valence electrons. The average molecular weight is 349 g/mol. The lowest BCUT2D eigenvalue weighted by atomic mass is 10.1. The predicted molar refractivity (Wildman–Crippen MR) is 96.8 cm³/mol. The molecule has 1 N–H and O–H groups in total. The quantitative estimate of drug-likeness (QED) is 0.779. The molecule has 26 heavy (non-hydrogen) atoms. The van der Waals surface area contributed by atoms with Crippen molar-refractivity contribution in [3.8, 4) is 11.4 Å². The van der Waals surface area contributed by atoms with Gasteiger partial charge >= 0.3 is 0 Å². The van der Waals surface area contributed by atoms with Gasteiger partial charge in [0, 0.05) is 31.5 Å². The minimum Gasteiger partial charge on any atom is -0.360 e. The van der Waals surface area contributed by atoms with Gasteiger partial charge < -0.3 is 14.7 Å². The van der Waals surface area contributed by atoms with Crippen molar-refractivity contribution < 1.29 is 9.32 Å². The Labute approximate surface area is 151 Å². The lowest BCUT2D eigenvalue weighted by Crippen LogP contribution is -2.37. The number of aryl methyl sites for hydroxylation is 1. The van der Waals surface area contributed by atoms with Crippen LogP contribution >= 0.6 is 0 Å². The van der Waals surface area contributed by atoms with Gasteiger partial charge in [-0.1, -0.05) is 17.3 Å². The maximum absolute atomic E-state index is 12.8. The molecule has 1 aliphatic rings.